The quantitative estimate of drug-likeness (QED) is 0.876. The third kappa shape index (κ3) is 3.11. The van der Waals surface area contributed by atoms with Gasteiger partial charge in [-0.3, -0.25) is 4.79 Å². The van der Waals surface area contributed by atoms with Gasteiger partial charge in [-0.05, 0) is 41.8 Å². The van der Waals surface area contributed by atoms with Gasteiger partial charge in [-0.25, -0.2) is 0 Å². The molecule has 0 unspecified atom stereocenters. The fourth-order valence-electron chi connectivity index (χ4n) is 2.31. The number of aryl methyl sites for hydroxylation is 1. The number of fused-ring (bicyclic) bond motifs is 1. The maximum atomic E-state index is 12.0. The first-order chi connectivity index (χ1) is 10.8. The Balaban J connectivity index is 1.69. The average molecular weight is 295 g/mol. The lowest BCUT2D eigenvalue weighted by atomic mass is 10.1. The molecule has 0 saturated heterocycles. The molecule has 0 atom stereocenters. The second-order valence-corrected chi connectivity index (χ2v) is 4.95. The number of ether oxygens (including phenoxy) is 2. The number of amides is 1. The normalized spacial score (nSPS) is 12.6. The van der Waals surface area contributed by atoms with E-state index in [0.29, 0.717) is 5.75 Å². The average Bonchev–Trinajstić information content (AvgIpc) is 3.01. The third-order valence-electron chi connectivity index (χ3n) is 3.48. The van der Waals surface area contributed by atoms with Crippen LogP contribution in [-0.2, 0) is 11.2 Å². The van der Waals surface area contributed by atoms with Crippen molar-refractivity contribution < 1.29 is 14.3 Å². The molecule has 22 heavy (non-hydrogen) atoms. The lowest BCUT2D eigenvalue weighted by Crippen LogP contribution is -2.09. The summed E-state index contributed by atoms with van der Waals surface area (Å²) in [4.78, 5) is 12.0. The molecule has 1 amide bonds. The van der Waals surface area contributed by atoms with Crippen LogP contribution in [-0.4, -0.2) is 12.7 Å². The molecule has 1 aliphatic rings. The summed E-state index contributed by atoms with van der Waals surface area (Å²) in [6.45, 7) is 2.31. The van der Waals surface area contributed by atoms with Gasteiger partial charge < -0.3 is 14.8 Å². The van der Waals surface area contributed by atoms with Gasteiger partial charge in [-0.15, -0.1) is 0 Å². The fraction of sp³-hybridized carbons (Fsp3) is 0.167. The standard InChI is InChI=1S/C18H17NO3/c1-2-14-5-3-4-6-15(14)19-18(20)10-8-13-7-9-16-17(11-13)22-12-21-16/h3-11H,2,12H2,1H3,(H,19,20). The number of anilines is 1. The third-order valence-corrected chi connectivity index (χ3v) is 3.48. The number of para-hydroxylation sites is 1. The van der Waals surface area contributed by atoms with E-state index in [0.717, 1.165) is 29.0 Å². The van der Waals surface area contributed by atoms with E-state index in [2.05, 4.69) is 12.2 Å². The molecule has 112 valence electrons. The zero-order valence-corrected chi connectivity index (χ0v) is 12.3. The van der Waals surface area contributed by atoms with Gasteiger partial charge in [-0.2, -0.15) is 0 Å². The molecule has 2 aromatic carbocycles. The maximum absolute atomic E-state index is 12.0. The minimum atomic E-state index is -0.154. The molecule has 2 aromatic rings. The van der Waals surface area contributed by atoms with Crippen LogP contribution >= 0.6 is 0 Å². The van der Waals surface area contributed by atoms with Crippen molar-refractivity contribution in [2.75, 3.05) is 12.1 Å². The van der Waals surface area contributed by atoms with Crippen molar-refractivity contribution in [3.05, 3.63) is 59.7 Å². The highest BCUT2D eigenvalue weighted by Gasteiger charge is 2.12. The molecule has 0 aromatic heterocycles. The molecule has 1 N–H and O–H groups in total. The van der Waals surface area contributed by atoms with E-state index >= 15 is 0 Å². The zero-order chi connectivity index (χ0) is 15.4. The first-order valence-electron chi connectivity index (χ1n) is 7.23. The molecule has 0 spiro atoms. The molecule has 3 rings (SSSR count). The van der Waals surface area contributed by atoms with Crippen LogP contribution in [0.2, 0.25) is 0 Å². The number of benzene rings is 2. The Hall–Kier alpha value is -2.75. The summed E-state index contributed by atoms with van der Waals surface area (Å²) in [6, 6.07) is 13.4. The summed E-state index contributed by atoms with van der Waals surface area (Å²) in [5, 5.41) is 2.90. The molecule has 0 aliphatic carbocycles. The summed E-state index contributed by atoms with van der Waals surface area (Å²) >= 11 is 0. The molecule has 4 heteroatoms. The first kappa shape index (κ1) is 14.2. The van der Waals surface area contributed by atoms with Crippen LogP contribution in [0, 0.1) is 0 Å². The minimum Gasteiger partial charge on any atom is -0.454 e. The number of nitrogens with one attached hydrogen (secondary N) is 1. The summed E-state index contributed by atoms with van der Waals surface area (Å²) < 4.78 is 10.6. The summed E-state index contributed by atoms with van der Waals surface area (Å²) in [5.74, 6) is 1.29. The van der Waals surface area contributed by atoms with E-state index in [4.69, 9.17) is 9.47 Å². The molecular formula is C18H17NO3. The second-order valence-electron chi connectivity index (χ2n) is 4.95. The van der Waals surface area contributed by atoms with Crippen LogP contribution in [0.4, 0.5) is 5.69 Å². The molecule has 4 nitrogen and oxygen atoms in total. The number of hydrogen-bond donors (Lipinski definition) is 1. The van der Waals surface area contributed by atoms with E-state index in [1.165, 1.54) is 6.08 Å². The highest BCUT2D eigenvalue weighted by Crippen LogP contribution is 2.32. The van der Waals surface area contributed by atoms with E-state index in [9.17, 15) is 4.79 Å². The molecule has 0 radical (unpaired) electrons. The van der Waals surface area contributed by atoms with Crippen molar-refractivity contribution in [1.29, 1.82) is 0 Å². The second kappa shape index (κ2) is 6.35. The lowest BCUT2D eigenvalue weighted by molar-refractivity contribution is -0.111. The Morgan fingerprint density at radius 2 is 2.00 bits per heavy atom. The Kier molecular flexibility index (Phi) is 4.10. The number of carbonyl (C=O) groups is 1. The van der Waals surface area contributed by atoms with Crippen molar-refractivity contribution in [3.8, 4) is 11.5 Å². The largest absolute Gasteiger partial charge is 0.454 e. The van der Waals surface area contributed by atoms with Crippen LogP contribution < -0.4 is 14.8 Å². The van der Waals surface area contributed by atoms with Crippen LogP contribution in [0.15, 0.2) is 48.5 Å². The van der Waals surface area contributed by atoms with Crippen molar-refractivity contribution in [1.82, 2.24) is 0 Å². The Morgan fingerprint density at radius 3 is 2.86 bits per heavy atom. The van der Waals surface area contributed by atoms with Gasteiger partial charge in [0.2, 0.25) is 12.7 Å². The molecule has 1 heterocycles. The van der Waals surface area contributed by atoms with Gasteiger partial charge >= 0.3 is 0 Å². The minimum absolute atomic E-state index is 0.154. The maximum Gasteiger partial charge on any atom is 0.248 e. The fourth-order valence-corrected chi connectivity index (χ4v) is 2.31. The number of hydrogen-bond acceptors (Lipinski definition) is 3. The van der Waals surface area contributed by atoms with Crippen molar-refractivity contribution in [3.63, 3.8) is 0 Å². The molecule has 0 saturated carbocycles. The Bertz CT molecular complexity index is 722. The topological polar surface area (TPSA) is 47.6 Å². The van der Waals surface area contributed by atoms with E-state index in [-0.39, 0.29) is 12.7 Å². The van der Waals surface area contributed by atoms with Crippen LogP contribution in [0.3, 0.4) is 0 Å². The van der Waals surface area contributed by atoms with Crippen LogP contribution in [0.25, 0.3) is 6.08 Å². The monoisotopic (exact) mass is 295 g/mol. The van der Waals surface area contributed by atoms with Crippen LogP contribution in [0.1, 0.15) is 18.1 Å². The zero-order valence-electron chi connectivity index (χ0n) is 12.3. The highest BCUT2D eigenvalue weighted by molar-refractivity contribution is 6.02. The smallest absolute Gasteiger partial charge is 0.248 e. The first-order valence-corrected chi connectivity index (χ1v) is 7.23. The van der Waals surface area contributed by atoms with Crippen molar-refractivity contribution >= 4 is 17.7 Å². The van der Waals surface area contributed by atoms with Gasteiger partial charge in [0, 0.05) is 11.8 Å². The lowest BCUT2D eigenvalue weighted by Gasteiger charge is -2.07. The molecule has 0 fully saturated rings. The summed E-state index contributed by atoms with van der Waals surface area (Å²) in [7, 11) is 0. The van der Waals surface area contributed by atoms with Gasteiger partial charge in [0.15, 0.2) is 11.5 Å². The Labute approximate surface area is 129 Å². The predicted octanol–water partition coefficient (Wildman–Crippen LogP) is 3.63. The highest BCUT2D eigenvalue weighted by atomic mass is 16.7. The van der Waals surface area contributed by atoms with E-state index in [1.807, 2.05) is 42.5 Å². The SMILES string of the molecule is CCc1ccccc1NC(=O)C=Cc1ccc2c(c1)OCO2. The molecule has 1 aliphatic heterocycles. The molecular weight excluding hydrogens is 278 g/mol. The summed E-state index contributed by atoms with van der Waals surface area (Å²) in [6.07, 6.45) is 4.15. The molecule has 0 bridgehead atoms. The van der Waals surface area contributed by atoms with Gasteiger partial charge in [-0.1, -0.05) is 31.2 Å². The summed E-state index contributed by atoms with van der Waals surface area (Å²) in [5.41, 5.74) is 2.86. The number of rotatable bonds is 4. The van der Waals surface area contributed by atoms with E-state index in [1.54, 1.807) is 6.08 Å². The van der Waals surface area contributed by atoms with Gasteiger partial charge in [0.1, 0.15) is 0 Å². The van der Waals surface area contributed by atoms with Crippen LogP contribution in [0.5, 0.6) is 11.5 Å². The van der Waals surface area contributed by atoms with Gasteiger partial charge in [0.05, 0.1) is 0 Å². The van der Waals surface area contributed by atoms with Crippen molar-refractivity contribution in [2.24, 2.45) is 0 Å². The van der Waals surface area contributed by atoms with Crippen molar-refractivity contribution in [2.45, 2.75) is 13.3 Å². The number of carbonyl (C=O) groups excluding carboxylic acids is 1. The van der Waals surface area contributed by atoms with E-state index < -0.39 is 0 Å². The van der Waals surface area contributed by atoms with Gasteiger partial charge in [0.25, 0.3) is 0 Å². The Morgan fingerprint density at radius 1 is 1.18 bits per heavy atom. The predicted molar refractivity (Wildman–Crippen MR) is 86.0 cm³/mol.